The summed E-state index contributed by atoms with van der Waals surface area (Å²) in [6.45, 7) is 8.10. The Balaban J connectivity index is 1.38. The summed E-state index contributed by atoms with van der Waals surface area (Å²) in [6.07, 6.45) is 3.03. The summed E-state index contributed by atoms with van der Waals surface area (Å²) in [5, 5.41) is 13.5. The van der Waals surface area contributed by atoms with E-state index >= 15 is 4.39 Å². The monoisotopic (exact) mass is 519 g/mol. The molecule has 7 nitrogen and oxygen atoms in total. The Morgan fingerprint density at radius 1 is 1.19 bits per heavy atom. The van der Waals surface area contributed by atoms with E-state index in [0.717, 1.165) is 29.9 Å². The van der Waals surface area contributed by atoms with Crippen LogP contribution in [-0.2, 0) is 4.79 Å². The fourth-order valence-electron chi connectivity index (χ4n) is 6.00. The van der Waals surface area contributed by atoms with Crippen LogP contribution in [-0.4, -0.2) is 63.6 Å². The molecule has 1 aliphatic carbocycles. The summed E-state index contributed by atoms with van der Waals surface area (Å²) >= 11 is 5.80. The normalized spacial score (nSPS) is 26.2. The van der Waals surface area contributed by atoms with Gasteiger partial charge in [0.15, 0.2) is 0 Å². The van der Waals surface area contributed by atoms with Gasteiger partial charge in [-0.1, -0.05) is 18.5 Å². The van der Waals surface area contributed by atoms with Crippen molar-refractivity contribution in [3.05, 3.63) is 51.9 Å². The molecule has 0 radical (unpaired) electrons. The van der Waals surface area contributed by atoms with E-state index < -0.39 is 23.7 Å². The highest BCUT2D eigenvalue weighted by Gasteiger charge is 2.42. The predicted molar refractivity (Wildman–Crippen MR) is 133 cm³/mol. The molecule has 4 unspecified atom stereocenters. The van der Waals surface area contributed by atoms with Crippen LogP contribution in [0.4, 0.5) is 14.6 Å². The van der Waals surface area contributed by atoms with Crippen molar-refractivity contribution in [2.75, 3.05) is 31.1 Å². The van der Waals surface area contributed by atoms with Crippen molar-refractivity contribution >= 4 is 23.3 Å². The fraction of sp³-hybridized carbons (Fsp3) is 0.577. The third kappa shape index (κ3) is 4.57. The molecule has 2 N–H and O–H groups in total. The van der Waals surface area contributed by atoms with Crippen LogP contribution < -0.4 is 10.2 Å². The van der Waals surface area contributed by atoms with E-state index in [1.165, 1.54) is 6.33 Å². The van der Waals surface area contributed by atoms with E-state index in [0.29, 0.717) is 44.7 Å². The van der Waals surface area contributed by atoms with Gasteiger partial charge in [0.2, 0.25) is 5.91 Å². The molecule has 2 fully saturated rings. The number of anilines is 1. The highest BCUT2D eigenvalue weighted by atomic mass is 35.5. The Bertz CT molecular complexity index is 1170. The third-order valence-corrected chi connectivity index (χ3v) is 8.16. The van der Waals surface area contributed by atoms with E-state index in [4.69, 9.17) is 11.6 Å². The molecule has 2 saturated heterocycles. The molecule has 2 aliphatic heterocycles. The zero-order valence-corrected chi connectivity index (χ0v) is 21.5. The maximum Gasteiger partial charge on any atom is 0.231 e. The van der Waals surface area contributed by atoms with Gasteiger partial charge >= 0.3 is 0 Å². The zero-order valence-electron chi connectivity index (χ0n) is 20.8. The maximum absolute atomic E-state index is 15.0. The zero-order chi connectivity index (χ0) is 25.8. The Morgan fingerprint density at radius 3 is 2.58 bits per heavy atom. The first-order chi connectivity index (χ1) is 17.1. The van der Waals surface area contributed by atoms with Crippen molar-refractivity contribution in [3.63, 3.8) is 0 Å². The minimum atomic E-state index is -0.858. The average Bonchev–Trinajstić information content (AvgIpc) is 3.35. The van der Waals surface area contributed by atoms with Crippen molar-refractivity contribution in [1.29, 1.82) is 0 Å². The molecule has 0 saturated carbocycles. The SMILES string of the molecule is CC1CC(O)c2ncnc(N3CCN(C(=O)C(c4cc(F)c(Cl)cc4F)C4CCC(C)(C)N4)CC3)c21. The lowest BCUT2D eigenvalue weighted by Gasteiger charge is -2.39. The van der Waals surface area contributed by atoms with Crippen LogP contribution in [0, 0.1) is 11.6 Å². The molecule has 3 heterocycles. The summed E-state index contributed by atoms with van der Waals surface area (Å²) in [5.41, 5.74) is 1.49. The van der Waals surface area contributed by atoms with Crippen molar-refractivity contribution in [1.82, 2.24) is 20.2 Å². The molecular formula is C26H32ClF2N5O2. The molecular weight excluding hydrogens is 488 g/mol. The molecule has 1 aromatic carbocycles. The van der Waals surface area contributed by atoms with Gasteiger partial charge in [-0.15, -0.1) is 0 Å². The first kappa shape index (κ1) is 25.3. The molecule has 5 rings (SSSR count). The summed E-state index contributed by atoms with van der Waals surface area (Å²) in [6, 6.07) is 1.71. The Kier molecular flexibility index (Phi) is 6.68. The predicted octanol–water partition coefficient (Wildman–Crippen LogP) is 3.91. The molecule has 1 aromatic heterocycles. The number of aromatic nitrogens is 2. The fourth-order valence-corrected chi connectivity index (χ4v) is 6.15. The van der Waals surface area contributed by atoms with Gasteiger partial charge in [0.1, 0.15) is 23.8 Å². The quantitative estimate of drug-likeness (QED) is 0.596. The standard InChI is InChI=1S/C26H32ClF2N5O2/c1-14-10-20(35)23-21(14)24(31-13-30-23)33-6-8-34(9-7-33)25(36)22(19-4-5-26(2,3)32-19)15-11-18(29)16(27)12-17(15)28/h11-14,19-20,22,32,35H,4-10H2,1-3H3. The Labute approximate surface area is 214 Å². The third-order valence-electron chi connectivity index (χ3n) is 7.87. The topological polar surface area (TPSA) is 81.6 Å². The van der Waals surface area contributed by atoms with Crippen LogP contribution in [0.25, 0.3) is 0 Å². The molecule has 3 aliphatic rings. The number of amides is 1. The van der Waals surface area contributed by atoms with Crippen LogP contribution in [0.1, 0.15) is 74.8 Å². The van der Waals surface area contributed by atoms with E-state index in [-0.39, 0.29) is 34.0 Å². The number of carbonyl (C=O) groups is 1. The molecule has 36 heavy (non-hydrogen) atoms. The average molecular weight is 520 g/mol. The van der Waals surface area contributed by atoms with E-state index in [1.807, 2.05) is 13.8 Å². The Hall–Kier alpha value is -2.36. The van der Waals surface area contributed by atoms with E-state index in [2.05, 4.69) is 27.1 Å². The van der Waals surface area contributed by atoms with Gasteiger partial charge in [0.25, 0.3) is 0 Å². The van der Waals surface area contributed by atoms with Gasteiger partial charge in [0, 0.05) is 48.9 Å². The number of nitrogens with zero attached hydrogens (tertiary/aromatic N) is 4. The van der Waals surface area contributed by atoms with E-state index in [9.17, 15) is 14.3 Å². The number of aliphatic hydroxyl groups is 1. The molecule has 194 valence electrons. The van der Waals surface area contributed by atoms with Crippen LogP contribution in [0.5, 0.6) is 0 Å². The molecule has 1 amide bonds. The number of piperazine rings is 1. The summed E-state index contributed by atoms with van der Waals surface area (Å²) in [5.74, 6) is -1.53. The Morgan fingerprint density at radius 2 is 1.92 bits per heavy atom. The maximum atomic E-state index is 15.0. The second kappa shape index (κ2) is 9.50. The summed E-state index contributed by atoms with van der Waals surface area (Å²) in [7, 11) is 0. The number of hydrogen-bond donors (Lipinski definition) is 2. The van der Waals surface area contributed by atoms with Gasteiger partial charge < -0.3 is 20.2 Å². The second-order valence-corrected chi connectivity index (χ2v) is 11.3. The van der Waals surface area contributed by atoms with Gasteiger partial charge in [-0.05, 0) is 51.2 Å². The largest absolute Gasteiger partial charge is 0.387 e. The van der Waals surface area contributed by atoms with Gasteiger partial charge in [-0.25, -0.2) is 18.7 Å². The number of halogens is 3. The number of carbonyl (C=O) groups excluding carboxylic acids is 1. The highest BCUT2D eigenvalue weighted by Crippen LogP contribution is 2.43. The van der Waals surface area contributed by atoms with E-state index in [1.54, 1.807) is 4.90 Å². The van der Waals surface area contributed by atoms with Gasteiger partial charge in [-0.3, -0.25) is 4.79 Å². The van der Waals surface area contributed by atoms with Crippen LogP contribution in [0.2, 0.25) is 5.02 Å². The van der Waals surface area contributed by atoms with Crippen LogP contribution in [0.3, 0.4) is 0 Å². The smallest absolute Gasteiger partial charge is 0.231 e. The second-order valence-electron chi connectivity index (χ2n) is 10.9. The lowest BCUT2D eigenvalue weighted by Crippen LogP contribution is -2.53. The summed E-state index contributed by atoms with van der Waals surface area (Å²) in [4.78, 5) is 26.5. The number of aliphatic hydroxyl groups excluding tert-OH is 1. The van der Waals surface area contributed by atoms with Crippen LogP contribution >= 0.6 is 11.6 Å². The van der Waals surface area contributed by atoms with Crippen molar-refractivity contribution in [3.8, 4) is 0 Å². The molecule has 0 spiro atoms. The van der Waals surface area contributed by atoms with Crippen LogP contribution in [0.15, 0.2) is 18.5 Å². The van der Waals surface area contributed by atoms with Crippen molar-refractivity contribution < 1.29 is 18.7 Å². The lowest BCUT2D eigenvalue weighted by molar-refractivity contribution is -0.133. The molecule has 2 aromatic rings. The number of hydrogen-bond acceptors (Lipinski definition) is 6. The van der Waals surface area contributed by atoms with Crippen molar-refractivity contribution in [2.24, 2.45) is 0 Å². The minimum absolute atomic E-state index is 0.0379. The minimum Gasteiger partial charge on any atom is -0.387 e. The lowest BCUT2D eigenvalue weighted by atomic mass is 9.88. The number of nitrogens with one attached hydrogen (secondary N) is 1. The van der Waals surface area contributed by atoms with Gasteiger partial charge in [-0.2, -0.15) is 0 Å². The number of fused-ring (bicyclic) bond motifs is 1. The first-order valence-electron chi connectivity index (χ1n) is 12.5. The van der Waals surface area contributed by atoms with Gasteiger partial charge in [0.05, 0.1) is 22.7 Å². The highest BCUT2D eigenvalue weighted by molar-refractivity contribution is 6.30. The number of rotatable bonds is 4. The summed E-state index contributed by atoms with van der Waals surface area (Å²) < 4.78 is 29.4. The number of benzene rings is 1. The molecule has 4 atom stereocenters. The first-order valence-corrected chi connectivity index (χ1v) is 12.9. The molecule has 10 heteroatoms. The molecule has 0 bridgehead atoms. The van der Waals surface area contributed by atoms with Crippen molar-refractivity contribution in [2.45, 2.75) is 69.6 Å².